The Labute approximate surface area is 255 Å². The Morgan fingerprint density at radius 1 is 1.02 bits per heavy atom. The number of hydrogen-bond acceptors (Lipinski definition) is 5. The molecule has 7 nitrogen and oxygen atoms in total. The Hall–Kier alpha value is -4.12. The van der Waals surface area contributed by atoms with E-state index in [0.717, 1.165) is 85.3 Å². The van der Waals surface area contributed by atoms with Gasteiger partial charge in [-0.1, -0.05) is 35.5 Å². The summed E-state index contributed by atoms with van der Waals surface area (Å²) in [6, 6.07) is 15.9. The Kier molecular flexibility index (Phi) is 5.36. The summed E-state index contributed by atoms with van der Waals surface area (Å²) in [5, 5.41) is 5.23. The molecule has 4 bridgehead atoms. The number of aromatic nitrogens is 3. The number of halogens is 1. The lowest BCUT2D eigenvalue weighted by molar-refractivity contribution is -0.211. The van der Waals surface area contributed by atoms with Crippen LogP contribution in [0, 0.1) is 17.4 Å². The molecule has 7 saturated carbocycles. The van der Waals surface area contributed by atoms with Crippen molar-refractivity contribution in [3.8, 4) is 11.1 Å². The van der Waals surface area contributed by atoms with Crippen molar-refractivity contribution < 1.29 is 13.7 Å². The van der Waals surface area contributed by atoms with Gasteiger partial charge >= 0.3 is 0 Å². The van der Waals surface area contributed by atoms with Crippen molar-refractivity contribution in [3.05, 3.63) is 77.9 Å². The molecule has 8 heteroatoms. The Bertz CT molecular complexity index is 1840. The summed E-state index contributed by atoms with van der Waals surface area (Å²) in [4.78, 5) is 29.4. The maximum Gasteiger partial charge on any atom is 0.233 e. The minimum atomic E-state index is -1.14. The van der Waals surface area contributed by atoms with Crippen LogP contribution in [-0.4, -0.2) is 33.2 Å². The lowest BCUT2D eigenvalue weighted by atomic mass is 9.41. The highest BCUT2D eigenvalue weighted by molar-refractivity contribution is 6.03. The molecule has 2 aromatic heterocycles. The molecule has 44 heavy (non-hydrogen) atoms. The number of nitrogens with zero attached hydrogens (tertiary/aromatic N) is 5. The standard InChI is InChI=1S/C36H34FN5O2/c1-38-28-10-9-26(27-6-3-17-39-29(27)28)24-4-2-5-25(18-24)42(32(43)35-19-36(37,20-35)21-35)22-33-11-14-34(15-12-33,16-13-33)31-40-30(41-44-31)23-7-8-23/h2-6,9-10,17-18,23H,7-8,11-16,19-22H2. The number of carbonyl (C=O) groups is 1. The normalized spacial score (nSPS) is 31.6. The molecular weight excluding hydrogens is 553 g/mol. The van der Waals surface area contributed by atoms with Gasteiger partial charge in [0.15, 0.2) is 5.82 Å². The van der Waals surface area contributed by atoms with Gasteiger partial charge in [-0.2, -0.15) is 4.98 Å². The van der Waals surface area contributed by atoms with Gasteiger partial charge < -0.3 is 9.42 Å². The van der Waals surface area contributed by atoms with Crippen LogP contribution in [0.3, 0.4) is 0 Å². The molecule has 222 valence electrons. The first-order chi connectivity index (χ1) is 21.3. The van der Waals surface area contributed by atoms with E-state index in [1.165, 1.54) is 0 Å². The Morgan fingerprint density at radius 2 is 1.80 bits per heavy atom. The quantitative estimate of drug-likeness (QED) is 0.204. The van der Waals surface area contributed by atoms with Crippen molar-refractivity contribution in [1.29, 1.82) is 0 Å². The minimum Gasteiger partial charge on any atom is -0.339 e. The second kappa shape index (κ2) is 8.97. The average Bonchev–Trinajstić information content (AvgIpc) is 3.77. The van der Waals surface area contributed by atoms with Crippen LogP contribution in [0.1, 0.15) is 88.3 Å². The number of rotatable bonds is 7. The van der Waals surface area contributed by atoms with Crippen LogP contribution < -0.4 is 4.90 Å². The predicted molar refractivity (Wildman–Crippen MR) is 164 cm³/mol. The van der Waals surface area contributed by atoms with E-state index in [2.05, 4.69) is 27.1 Å². The van der Waals surface area contributed by atoms with Crippen LogP contribution >= 0.6 is 0 Å². The second-order valence-electron chi connectivity index (χ2n) is 14.6. The van der Waals surface area contributed by atoms with Gasteiger partial charge in [-0.05, 0) is 111 Å². The lowest BCUT2D eigenvalue weighted by Gasteiger charge is -2.65. The molecule has 0 aliphatic heterocycles. The van der Waals surface area contributed by atoms with Gasteiger partial charge in [-0.25, -0.2) is 9.24 Å². The zero-order valence-electron chi connectivity index (χ0n) is 24.7. The molecule has 7 fully saturated rings. The van der Waals surface area contributed by atoms with E-state index in [1.54, 1.807) is 6.20 Å². The molecule has 2 aromatic carbocycles. The first-order valence-electron chi connectivity index (χ1n) is 16.0. The highest BCUT2D eigenvalue weighted by Gasteiger charge is 2.73. The van der Waals surface area contributed by atoms with E-state index < -0.39 is 11.1 Å². The molecule has 0 atom stereocenters. The molecule has 7 aliphatic rings. The monoisotopic (exact) mass is 587 g/mol. The van der Waals surface area contributed by atoms with Crippen molar-refractivity contribution in [2.75, 3.05) is 11.4 Å². The molecular formula is C36H34FN5O2. The summed E-state index contributed by atoms with van der Waals surface area (Å²) in [6.45, 7) is 8.23. The van der Waals surface area contributed by atoms with E-state index >= 15 is 0 Å². The molecule has 0 N–H and O–H groups in total. The average molecular weight is 588 g/mol. The van der Waals surface area contributed by atoms with Gasteiger partial charge in [0, 0.05) is 29.8 Å². The zero-order valence-corrected chi connectivity index (χ0v) is 24.7. The summed E-state index contributed by atoms with van der Waals surface area (Å²) in [5.74, 6) is 2.25. The topological polar surface area (TPSA) is 76.5 Å². The van der Waals surface area contributed by atoms with E-state index in [0.29, 0.717) is 42.9 Å². The van der Waals surface area contributed by atoms with Gasteiger partial charge in [0.05, 0.1) is 17.5 Å². The van der Waals surface area contributed by atoms with E-state index in [4.69, 9.17) is 16.1 Å². The largest absolute Gasteiger partial charge is 0.339 e. The lowest BCUT2D eigenvalue weighted by Crippen LogP contribution is -2.71. The van der Waals surface area contributed by atoms with E-state index in [9.17, 15) is 9.18 Å². The fourth-order valence-corrected chi connectivity index (χ4v) is 8.91. The zero-order chi connectivity index (χ0) is 29.7. The molecule has 1 amide bonds. The fourth-order valence-electron chi connectivity index (χ4n) is 8.91. The van der Waals surface area contributed by atoms with Crippen molar-refractivity contribution >= 4 is 28.2 Å². The molecule has 0 spiro atoms. The third-order valence-electron chi connectivity index (χ3n) is 11.7. The predicted octanol–water partition coefficient (Wildman–Crippen LogP) is 8.23. The molecule has 7 aliphatic carbocycles. The number of amides is 1. The fraction of sp³-hybridized carbons (Fsp3) is 0.472. The van der Waals surface area contributed by atoms with E-state index in [1.807, 2.05) is 41.3 Å². The SMILES string of the molecule is [C-]#[N+]c1ccc(-c2cccc(N(CC34CCC(c5nc(C6CC6)no5)(CC3)CC4)C(=O)C34CC(F)(C3)C4)c2)c2cccnc12. The van der Waals surface area contributed by atoms with Crippen LogP contribution in [0.4, 0.5) is 15.8 Å². The van der Waals surface area contributed by atoms with Crippen LogP contribution in [0.2, 0.25) is 0 Å². The molecule has 2 heterocycles. The van der Waals surface area contributed by atoms with Crippen LogP contribution in [-0.2, 0) is 10.2 Å². The molecule has 11 rings (SSSR count). The summed E-state index contributed by atoms with van der Waals surface area (Å²) in [6.07, 6.45) is 11.1. The maximum absolute atomic E-state index is 14.7. The number of benzene rings is 2. The Morgan fingerprint density at radius 3 is 2.50 bits per heavy atom. The van der Waals surface area contributed by atoms with Gasteiger partial charge in [-0.15, -0.1) is 0 Å². The summed E-state index contributed by atoms with van der Waals surface area (Å²) in [5.41, 5.74) is 2.27. The molecule has 0 radical (unpaired) electrons. The highest BCUT2D eigenvalue weighted by atomic mass is 19.1. The van der Waals surface area contributed by atoms with Gasteiger partial charge in [0.25, 0.3) is 0 Å². The summed E-state index contributed by atoms with van der Waals surface area (Å²) < 4.78 is 20.5. The number of anilines is 1. The number of pyridine rings is 1. The van der Waals surface area contributed by atoms with Gasteiger partial charge in [0.1, 0.15) is 5.67 Å². The minimum absolute atomic E-state index is 0.0115. The maximum atomic E-state index is 14.7. The number of hydrogen-bond donors (Lipinski definition) is 0. The molecule has 4 aromatic rings. The highest BCUT2D eigenvalue weighted by Crippen LogP contribution is 2.70. The van der Waals surface area contributed by atoms with Crippen molar-refractivity contribution in [2.45, 2.75) is 87.6 Å². The third kappa shape index (κ3) is 3.84. The first kappa shape index (κ1) is 26.3. The number of fused-ring (bicyclic) bond motifs is 4. The summed E-state index contributed by atoms with van der Waals surface area (Å²) in [7, 11) is 0. The van der Waals surface area contributed by atoms with Crippen molar-refractivity contribution in [2.24, 2.45) is 10.8 Å². The van der Waals surface area contributed by atoms with Crippen LogP contribution in [0.25, 0.3) is 26.9 Å². The first-order valence-corrected chi connectivity index (χ1v) is 16.0. The van der Waals surface area contributed by atoms with Crippen molar-refractivity contribution in [3.63, 3.8) is 0 Å². The summed E-state index contributed by atoms with van der Waals surface area (Å²) >= 11 is 0. The van der Waals surface area contributed by atoms with Crippen molar-refractivity contribution in [1.82, 2.24) is 15.1 Å². The second-order valence-corrected chi connectivity index (χ2v) is 14.6. The van der Waals surface area contributed by atoms with Crippen LogP contribution in [0.5, 0.6) is 0 Å². The Balaban J connectivity index is 1.04. The van der Waals surface area contributed by atoms with Crippen LogP contribution in [0.15, 0.2) is 59.3 Å². The third-order valence-corrected chi connectivity index (χ3v) is 11.7. The molecule has 0 unspecified atom stereocenters. The number of carbonyl (C=O) groups excluding carboxylic acids is 1. The van der Waals surface area contributed by atoms with E-state index in [-0.39, 0.29) is 16.7 Å². The molecule has 0 saturated heterocycles. The van der Waals surface area contributed by atoms with Gasteiger partial charge in [-0.3, -0.25) is 9.78 Å². The number of alkyl halides is 1. The smallest absolute Gasteiger partial charge is 0.233 e. The van der Waals surface area contributed by atoms with Gasteiger partial charge in [0.2, 0.25) is 17.5 Å².